The lowest BCUT2D eigenvalue weighted by Crippen LogP contribution is -2.56. The lowest BCUT2D eigenvalue weighted by Gasteiger charge is -2.33. The molecular formula is C26H41NO6. The lowest BCUT2D eigenvalue weighted by atomic mass is 9.92. The van der Waals surface area contributed by atoms with Crippen LogP contribution in [0.3, 0.4) is 0 Å². The Bertz CT molecular complexity index is 698. The molecule has 1 rings (SSSR count). The van der Waals surface area contributed by atoms with E-state index < -0.39 is 17.5 Å². The van der Waals surface area contributed by atoms with Crippen LogP contribution in [0.2, 0.25) is 0 Å². The molecule has 0 unspecified atom stereocenters. The van der Waals surface area contributed by atoms with Crippen LogP contribution in [0.4, 0.5) is 0 Å². The zero-order valence-electron chi connectivity index (χ0n) is 20.7. The van der Waals surface area contributed by atoms with Gasteiger partial charge in [-0.2, -0.15) is 0 Å². The van der Waals surface area contributed by atoms with Crippen LogP contribution < -0.4 is 10.1 Å². The van der Waals surface area contributed by atoms with Crippen LogP contribution >= 0.6 is 0 Å². The lowest BCUT2D eigenvalue weighted by molar-refractivity contribution is -0.150. The van der Waals surface area contributed by atoms with E-state index in [-0.39, 0.29) is 19.1 Å². The van der Waals surface area contributed by atoms with Gasteiger partial charge in [-0.15, -0.1) is 0 Å². The third kappa shape index (κ3) is 13.5. The number of esters is 2. The van der Waals surface area contributed by atoms with E-state index in [9.17, 15) is 14.4 Å². The van der Waals surface area contributed by atoms with Crippen LogP contribution in [-0.2, 0) is 30.3 Å². The van der Waals surface area contributed by atoms with Crippen molar-refractivity contribution < 1.29 is 28.6 Å². The van der Waals surface area contributed by atoms with Crippen molar-refractivity contribution in [2.75, 3.05) is 19.8 Å². The number of hydrogen-bond donors (Lipinski definition) is 1. The first kappa shape index (κ1) is 28.5. The van der Waals surface area contributed by atoms with E-state index in [2.05, 4.69) is 12.2 Å². The molecule has 1 N–H and O–H groups in total. The number of carbonyl (C=O) groups excluding carboxylic acids is 3. The van der Waals surface area contributed by atoms with Gasteiger partial charge in [0.2, 0.25) is 5.91 Å². The molecule has 1 aromatic carbocycles. The first-order valence-electron chi connectivity index (χ1n) is 12.0. The molecule has 0 atom stereocenters. The van der Waals surface area contributed by atoms with Crippen molar-refractivity contribution in [1.82, 2.24) is 5.32 Å². The molecule has 1 aromatic rings. The van der Waals surface area contributed by atoms with Gasteiger partial charge in [-0.25, -0.2) is 0 Å². The highest BCUT2D eigenvalue weighted by Gasteiger charge is 2.34. The van der Waals surface area contributed by atoms with Crippen LogP contribution in [0, 0.1) is 0 Å². The zero-order chi connectivity index (χ0) is 24.5. The first-order valence-corrected chi connectivity index (χ1v) is 12.0. The van der Waals surface area contributed by atoms with E-state index in [1.807, 2.05) is 24.3 Å². The molecule has 0 radical (unpaired) electrons. The zero-order valence-corrected chi connectivity index (χ0v) is 20.7. The second kappa shape index (κ2) is 16.1. The molecule has 1 amide bonds. The fourth-order valence-corrected chi connectivity index (χ4v) is 3.63. The SMILES string of the molecule is CCCCCCCCCCOc1ccc(CC(COC(C)=O)(COC(C)=O)NC(C)=O)cc1. The van der Waals surface area contributed by atoms with Gasteiger partial charge in [-0.3, -0.25) is 14.4 Å². The average Bonchev–Trinajstić information content (AvgIpc) is 2.76. The van der Waals surface area contributed by atoms with Crippen molar-refractivity contribution in [3.05, 3.63) is 29.8 Å². The number of carbonyl (C=O) groups is 3. The molecule has 186 valence electrons. The van der Waals surface area contributed by atoms with Crippen LogP contribution in [0.5, 0.6) is 5.75 Å². The maximum absolute atomic E-state index is 11.8. The number of ether oxygens (including phenoxy) is 3. The molecular weight excluding hydrogens is 422 g/mol. The Morgan fingerprint density at radius 2 is 1.30 bits per heavy atom. The summed E-state index contributed by atoms with van der Waals surface area (Å²) in [4.78, 5) is 34.6. The van der Waals surface area contributed by atoms with Gasteiger partial charge in [0.15, 0.2) is 0 Å². The first-order chi connectivity index (χ1) is 15.8. The Hall–Kier alpha value is -2.57. The van der Waals surface area contributed by atoms with Crippen molar-refractivity contribution in [3.8, 4) is 5.75 Å². The molecule has 0 fully saturated rings. The molecule has 0 aliphatic carbocycles. The summed E-state index contributed by atoms with van der Waals surface area (Å²) in [5.74, 6) is -0.471. The van der Waals surface area contributed by atoms with Gasteiger partial charge in [0.25, 0.3) is 0 Å². The minimum absolute atomic E-state index is 0.105. The van der Waals surface area contributed by atoms with Crippen molar-refractivity contribution in [1.29, 1.82) is 0 Å². The number of amides is 1. The van der Waals surface area contributed by atoms with E-state index in [4.69, 9.17) is 14.2 Å². The van der Waals surface area contributed by atoms with Crippen LogP contribution in [-0.4, -0.2) is 43.2 Å². The van der Waals surface area contributed by atoms with Crippen LogP contribution in [0.1, 0.15) is 84.6 Å². The maximum atomic E-state index is 11.8. The predicted octanol–water partition coefficient (Wildman–Crippen LogP) is 4.75. The summed E-state index contributed by atoms with van der Waals surface area (Å²) in [5, 5.41) is 2.81. The molecule has 0 saturated carbocycles. The van der Waals surface area contributed by atoms with Gasteiger partial charge < -0.3 is 19.5 Å². The maximum Gasteiger partial charge on any atom is 0.302 e. The summed E-state index contributed by atoms with van der Waals surface area (Å²) in [6.07, 6.45) is 10.4. The van der Waals surface area contributed by atoms with E-state index in [0.717, 1.165) is 17.7 Å². The molecule has 0 saturated heterocycles. The molecule has 0 heterocycles. The second-order valence-electron chi connectivity index (χ2n) is 8.67. The van der Waals surface area contributed by atoms with E-state index >= 15 is 0 Å². The van der Waals surface area contributed by atoms with Gasteiger partial charge >= 0.3 is 11.9 Å². The largest absolute Gasteiger partial charge is 0.494 e. The molecule has 33 heavy (non-hydrogen) atoms. The third-order valence-electron chi connectivity index (χ3n) is 5.28. The standard InChI is InChI=1S/C26H41NO6/c1-5-6-7-8-9-10-11-12-17-31-25-15-13-24(14-16-25)18-26(27-21(2)28,19-32-22(3)29)20-33-23(4)30/h13-16H,5-12,17-20H2,1-4H3,(H,27,28). The van der Waals surface area contributed by atoms with Crippen molar-refractivity contribution in [2.24, 2.45) is 0 Å². The summed E-state index contributed by atoms with van der Waals surface area (Å²) < 4.78 is 16.2. The Morgan fingerprint density at radius 3 is 1.79 bits per heavy atom. The van der Waals surface area contributed by atoms with Gasteiger partial charge in [0.1, 0.15) is 24.5 Å². The van der Waals surface area contributed by atoms with Crippen molar-refractivity contribution in [3.63, 3.8) is 0 Å². The van der Waals surface area contributed by atoms with Crippen LogP contribution in [0.15, 0.2) is 24.3 Å². The highest BCUT2D eigenvalue weighted by atomic mass is 16.5. The quantitative estimate of drug-likeness (QED) is 0.265. The number of hydrogen-bond acceptors (Lipinski definition) is 6. The average molecular weight is 464 g/mol. The highest BCUT2D eigenvalue weighted by molar-refractivity contribution is 5.74. The predicted molar refractivity (Wildman–Crippen MR) is 128 cm³/mol. The third-order valence-corrected chi connectivity index (χ3v) is 5.28. The van der Waals surface area contributed by atoms with Gasteiger partial charge in [0.05, 0.1) is 6.61 Å². The molecule has 0 spiro atoms. The Morgan fingerprint density at radius 1 is 0.788 bits per heavy atom. The second-order valence-corrected chi connectivity index (χ2v) is 8.67. The summed E-state index contributed by atoms with van der Waals surface area (Å²) in [6, 6.07) is 7.58. The summed E-state index contributed by atoms with van der Waals surface area (Å²) in [6.45, 7) is 6.67. The Balaban J connectivity index is 2.61. The Labute approximate surface area is 198 Å². The Kier molecular flexibility index (Phi) is 13.9. The van der Waals surface area contributed by atoms with E-state index in [1.54, 1.807) is 0 Å². The minimum atomic E-state index is -1.05. The molecule has 7 heteroatoms. The molecule has 0 aliphatic rings. The number of benzene rings is 1. The van der Waals surface area contributed by atoms with Crippen molar-refractivity contribution in [2.45, 2.75) is 91.0 Å². The normalized spacial score (nSPS) is 11.0. The molecule has 0 aliphatic heterocycles. The molecule has 0 aromatic heterocycles. The number of rotatable bonds is 17. The fourth-order valence-electron chi connectivity index (χ4n) is 3.63. The van der Waals surface area contributed by atoms with Crippen molar-refractivity contribution >= 4 is 17.8 Å². The summed E-state index contributed by atoms with van der Waals surface area (Å²) >= 11 is 0. The smallest absolute Gasteiger partial charge is 0.302 e. The van der Waals surface area contributed by atoms with E-state index in [1.165, 1.54) is 65.7 Å². The molecule has 0 bridgehead atoms. The minimum Gasteiger partial charge on any atom is -0.494 e. The van der Waals surface area contributed by atoms with Gasteiger partial charge in [-0.1, -0.05) is 64.0 Å². The van der Waals surface area contributed by atoms with E-state index in [0.29, 0.717) is 13.0 Å². The van der Waals surface area contributed by atoms with Gasteiger partial charge in [0, 0.05) is 27.2 Å². The summed E-state index contributed by atoms with van der Waals surface area (Å²) in [5.41, 5.74) is -0.162. The molecule has 7 nitrogen and oxygen atoms in total. The monoisotopic (exact) mass is 463 g/mol. The van der Waals surface area contributed by atoms with Crippen LogP contribution in [0.25, 0.3) is 0 Å². The van der Waals surface area contributed by atoms with Gasteiger partial charge in [-0.05, 0) is 24.1 Å². The number of nitrogens with one attached hydrogen (secondary N) is 1. The summed E-state index contributed by atoms with van der Waals surface area (Å²) in [7, 11) is 0. The number of unbranched alkanes of at least 4 members (excludes halogenated alkanes) is 7. The topological polar surface area (TPSA) is 90.9 Å². The highest BCUT2D eigenvalue weighted by Crippen LogP contribution is 2.20. The fraction of sp³-hybridized carbons (Fsp3) is 0.654.